The first-order valence-corrected chi connectivity index (χ1v) is 6.15. The molecule has 1 aromatic rings. The summed E-state index contributed by atoms with van der Waals surface area (Å²) in [4.78, 5) is 6.55. The maximum Gasteiger partial charge on any atom is 0.105 e. The number of hydrogen-bond acceptors (Lipinski definition) is 4. The van der Waals surface area contributed by atoms with Gasteiger partial charge in [0.05, 0.1) is 18.8 Å². The molecule has 1 aliphatic rings. The lowest BCUT2D eigenvalue weighted by atomic mass is 10.2. The van der Waals surface area contributed by atoms with E-state index in [1.54, 1.807) is 0 Å². The van der Waals surface area contributed by atoms with Crippen LogP contribution in [0.2, 0.25) is 0 Å². The van der Waals surface area contributed by atoms with Gasteiger partial charge >= 0.3 is 0 Å². The molecule has 0 aliphatic carbocycles. The number of rotatable bonds is 4. The highest BCUT2D eigenvalue weighted by Gasteiger charge is 2.24. The number of ether oxygens (including phenoxy) is 1. The number of aliphatic hydroxyl groups is 1. The summed E-state index contributed by atoms with van der Waals surface area (Å²) in [6, 6.07) is 0. The number of hydrogen-bond donors (Lipinski definition) is 1. The van der Waals surface area contributed by atoms with Crippen LogP contribution in [0.4, 0.5) is 0 Å². The quantitative estimate of drug-likeness (QED) is 0.819. The Balaban J connectivity index is 1.84. The molecular weight excluding hydrogens is 218 g/mol. The zero-order valence-electron chi connectivity index (χ0n) is 10.5. The van der Waals surface area contributed by atoms with E-state index in [4.69, 9.17) is 9.84 Å². The van der Waals surface area contributed by atoms with E-state index in [1.807, 2.05) is 19.3 Å². The third kappa shape index (κ3) is 3.28. The molecule has 2 unspecified atom stereocenters. The molecule has 1 fully saturated rings. The minimum Gasteiger partial charge on any atom is -0.394 e. The lowest BCUT2D eigenvalue weighted by Gasteiger charge is -2.36. The van der Waals surface area contributed by atoms with Crippen LogP contribution in [0.5, 0.6) is 0 Å². The van der Waals surface area contributed by atoms with E-state index >= 15 is 0 Å². The highest BCUT2D eigenvalue weighted by atomic mass is 16.5. The zero-order chi connectivity index (χ0) is 12.3. The molecule has 1 aliphatic heterocycles. The molecule has 96 valence electrons. The summed E-state index contributed by atoms with van der Waals surface area (Å²) in [5, 5.41) is 9.16. The Morgan fingerprint density at radius 2 is 2.29 bits per heavy atom. The highest BCUT2D eigenvalue weighted by Crippen LogP contribution is 2.10. The fraction of sp³-hybridized carbons (Fsp3) is 0.750. The van der Waals surface area contributed by atoms with Gasteiger partial charge in [-0.2, -0.15) is 0 Å². The summed E-state index contributed by atoms with van der Waals surface area (Å²) < 4.78 is 7.76. The van der Waals surface area contributed by atoms with E-state index in [2.05, 4.69) is 21.4 Å². The van der Waals surface area contributed by atoms with Crippen molar-refractivity contribution in [2.75, 3.05) is 26.2 Å². The summed E-state index contributed by atoms with van der Waals surface area (Å²) in [6.07, 6.45) is 3.99. The molecule has 2 rings (SSSR count). The summed E-state index contributed by atoms with van der Waals surface area (Å²) in [7, 11) is 0. The Morgan fingerprint density at radius 3 is 2.94 bits per heavy atom. The van der Waals surface area contributed by atoms with Crippen LogP contribution in [0, 0.1) is 6.92 Å². The van der Waals surface area contributed by atoms with Crippen LogP contribution in [-0.2, 0) is 11.3 Å². The highest BCUT2D eigenvalue weighted by molar-refractivity contribution is 4.88. The predicted molar refractivity (Wildman–Crippen MR) is 64.8 cm³/mol. The molecule has 1 aromatic heterocycles. The van der Waals surface area contributed by atoms with Gasteiger partial charge in [-0.05, 0) is 13.8 Å². The van der Waals surface area contributed by atoms with Crippen LogP contribution < -0.4 is 0 Å². The molecule has 5 heteroatoms. The van der Waals surface area contributed by atoms with Crippen LogP contribution in [-0.4, -0.2) is 58.0 Å². The standard InChI is InChI=1S/C12H21N3O2/c1-10-7-14(8-12(9-16)17-10)5-6-15-4-3-13-11(15)2/h3-4,10,12,16H,5-9H2,1-2H3. The molecular formula is C12H21N3O2. The second-order valence-corrected chi connectivity index (χ2v) is 4.68. The maximum atomic E-state index is 9.16. The van der Waals surface area contributed by atoms with Crippen LogP contribution in [0.1, 0.15) is 12.7 Å². The summed E-state index contributed by atoms with van der Waals surface area (Å²) in [6.45, 7) is 7.83. The van der Waals surface area contributed by atoms with Crippen molar-refractivity contribution in [2.45, 2.75) is 32.6 Å². The normalized spacial score (nSPS) is 26.3. The summed E-state index contributed by atoms with van der Waals surface area (Å²) in [5.41, 5.74) is 0. The van der Waals surface area contributed by atoms with Gasteiger partial charge in [-0.3, -0.25) is 4.90 Å². The van der Waals surface area contributed by atoms with Crippen LogP contribution >= 0.6 is 0 Å². The fourth-order valence-electron chi connectivity index (χ4n) is 2.31. The Labute approximate surface area is 102 Å². The number of morpholine rings is 1. The zero-order valence-corrected chi connectivity index (χ0v) is 10.5. The van der Waals surface area contributed by atoms with Gasteiger partial charge in [-0.1, -0.05) is 0 Å². The van der Waals surface area contributed by atoms with Gasteiger partial charge in [0.1, 0.15) is 5.82 Å². The SMILES string of the molecule is Cc1nccn1CCN1CC(C)OC(CO)C1. The number of aryl methyl sites for hydroxylation is 1. The first-order valence-electron chi connectivity index (χ1n) is 6.15. The Morgan fingerprint density at radius 1 is 1.47 bits per heavy atom. The minimum absolute atomic E-state index is 0.0392. The van der Waals surface area contributed by atoms with Crippen molar-refractivity contribution in [3.8, 4) is 0 Å². The molecule has 0 saturated carbocycles. The van der Waals surface area contributed by atoms with E-state index in [9.17, 15) is 0 Å². The monoisotopic (exact) mass is 239 g/mol. The van der Waals surface area contributed by atoms with Gasteiger partial charge < -0.3 is 14.4 Å². The van der Waals surface area contributed by atoms with Crippen molar-refractivity contribution in [1.29, 1.82) is 0 Å². The van der Waals surface area contributed by atoms with Crippen molar-refractivity contribution in [2.24, 2.45) is 0 Å². The molecule has 17 heavy (non-hydrogen) atoms. The maximum absolute atomic E-state index is 9.16. The van der Waals surface area contributed by atoms with Gasteiger partial charge in [0, 0.05) is 38.6 Å². The lowest BCUT2D eigenvalue weighted by molar-refractivity contribution is -0.0955. The van der Waals surface area contributed by atoms with Crippen LogP contribution in [0.25, 0.3) is 0 Å². The topological polar surface area (TPSA) is 50.5 Å². The molecule has 0 bridgehead atoms. The van der Waals surface area contributed by atoms with Crippen molar-refractivity contribution in [3.05, 3.63) is 18.2 Å². The fourth-order valence-corrected chi connectivity index (χ4v) is 2.31. The molecule has 0 aromatic carbocycles. The van der Waals surface area contributed by atoms with E-state index < -0.39 is 0 Å². The first kappa shape index (κ1) is 12.5. The average Bonchev–Trinajstić information content (AvgIpc) is 2.71. The summed E-state index contributed by atoms with van der Waals surface area (Å²) in [5.74, 6) is 1.05. The molecule has 0 radical (unpaired) electrons. The largest absolute Gasteiger partial charge is 0.394 e. The average molecular weight is 239 g/mol. The molecule has 5 nitrogen and oxygen atoms in total. The van der Waals surface area contributed by atoms with E-state index in [0.29, 0.717) is 0 Å². The Hall–Kier alpha value is -0.910. The third-order valence-electron chi connectivity index (χ3n) is 3.19. The number of aliphatic hydroxyl groups excluding tert-OH is 1. The molecule has 2 atom stereocenters. The molecule has 2 heterocycles. The Bertz CT molecular complexity index is 353. The third-order valence-corrected chi connectivity index (χ3v) is 3.19. The molecule has 1 saturated heterocycles. The predicted octanol–water partition coefficient (Wildman–Crippen LogP) is 0.273. The van der Waals surface area contributed by atoms with Crippen molar-refractivity contribution in [3.63, 3.8) is 0 Å². The number of imidazole rings is 1. The van der Waals surface area contributed by atoms with E-state index in [1.165, 1.54) is 0 Å². The Kier molecular flexibility index (Phi) is 4.15. The second-order valence-electron chi connectivity index (χ2n) is 4.68. The molecule has 0 amide bonds. The van der Waals surface area contributed by atoms with E-state index in [-0.39, 0.29) is 18.8 Å². The van der Waals surface area contributed by atoms with Gasteiger partial charge in [0.2, 0.25) is 0 Å². The van der Waals surface area contributed by atoms with Crippen LogP contribution in [0.15, 0.2) is 12.4 Å². The van der Waals surface area contributed by atoms with Crippen molar-refractivity contribution in [1.82, 2.24) is 14.5 Å². The lowest BCUT2D eigenvalue weighted by Crippen LogP contribution is -2.48. The first-order chi connectivity index (χ1) is 8.19. The smallest absolute Gasteiger partial charge is 0.105 e. The van der Waals surface area contributed by atoms with Gasteiger partial charge in [0.15, 0.2) is 0 Å². The second kappa shape index (κ2) is 5.62. The van der Waals surface area contributed by atoms with Gasteiger partial charge in [-0.15, -0.1) is 0 Å². The van der Waals surface area contributed by atoms with E-state index in [0.717, 1.165) is 32.0 Å². The van der Waals surface area contributed by atoms with Crippen molar-refractivity contribution < 1.29 is 9.84 Å². The van der Waals surface area contributed by atoms with Crippen molar-refractivity contribution >= 4 is 0 Å². The number of nitrogens with zero attached hydrogens (tertiary/aromatic N) is 3. The van der Waals surface area contributed by atoms with Gasteiger partial charge in [-0.25, -0.2) is 4.98 Å². The van der Waals surface area contributed by atoms with Gasteiger partial charge in [0.25, 0.3) is 0 Å². The van der Waals surface area contributed by atoms with Crippen LogP contribution in [0.3, 0.4) is 0 Å². The molecule has 1 N–H and O–H groups in total. The molecule has 0 spiro atoms. The number of aromatic nitrogens is 2. The summed E-state index contributed by atoms with van der Waals surface area (Å²) >= 11 is 0. The minimum atomic E-state index is -0.0392.